The van der Waals surface area contributed by atoms with Gasteiger partial charge in [-0.2, -0.15) is 0 Å². The molecule has 0 spiro atoms. The van der Waals surface area contributed by atoms with Gasteiger partial charge >= 0.3 is 0 Å². The predicted molar refractivity (Wildman–Crippen MR) is 112 cm³/mol. The number of non-ortho nitro benzene ring substituents is 1. The first-order valence-corrected chi connectivity index (χ1v) is 11.1. The Hall–Kier alpha value is -3.14. The number of nitrogens with zero attached hydrogens (tertiary/aromatic N) is 2. The first-order valence-electron chi connectivity index (χ1n) is 9.26. The van der Waals surface area contributed by atoms with Crippen LogP contribution in [0.25, 0.3) is 0 Å². The van der Waals surface area contributed by atoms with Crippen molar-refractivity contribution in [1.29, 1.82) is 0 Å². The lowest BCUT2D eigenvalue weighted by molar-refractivity contribution is -0.384. The molecule has 1 amide bonds. The Kier molecular flexibility index (Phi) is 5.71. The number of carbonyl (C=O) groups is 1. The smallest absolute Gasteiger partial charge is 0.271 e. The Bertz CT molecular complexity index is 1080. The number of nitro groups is 1. The molecule has 1 N–H and O–H groups in total. The average Bonchev–Trinajstić information content (AvgIpc) is 2.64. The quantitative estimate of drug-likeness (QED) is 0.553. The normalized spacial score (nSPS) is 17.4. The third-order valence-electron chi connectivity index (χ3n) is 4.73. The summed E-state index contributed by atoms with van der Waals surface area (Å²) in [4.78, 5) is 23.2. The van der Waals surface area contributed by atoms with Gasteiger partial charge in [0.05, 0.1) is 22.9 Å². The molecule has 0 unspecified atom stereocenters. The Labute approximate surface area is 174 Å². The van der Waals surface area contributed by atoms with Gasteiger partial charge in [0.25, 0.3) is 5.69 Å². The number of hydrogen-bond donors (Lipinski definition) is 1. The average molecular weight is 433 g/mol. The molecular formula is C20H23N3O6S. The lowest BCUT2D eigenvalue weighted by Gasteiger charge is -2.38. The maximum atomic E-state index is 12.8. The van der Waals surface area contributed by atoms with Gasteiger partial charge in [-0.05, 0) is 26.0 Å². The van der Waals surface area contributed by atoms with Gasteiger partial charge in [0, 0.05) is 24.1 Å². The topological polar surface area (TPSA) is 119 Å². The molecule has 2 aromatic rings. The highest BCUT2D eigenvalue weighted by Crippen LogP contribution is 2.39. The molecule has 1 heterocycles. The number of hydrogen-bond acceptors (Lipinski definition) is 6. The number of nitro benzene ring substituents is 1. The van der Waals surface area contributed by atoms with Gasteiger partial charge in [0.1, 0.15) is 17.9 Å². The number of anilines is 1. The van der Waals surface area contributed by atoms with Crippen molar-refractivity contribution in [1.82, 2.24) is 5.32 Å². The summed E-state index contributed by atoms with van der Waals surface area (Å²) in [6, 6.07) is 12.2. The van der Waals surface area contributed by atoms with Crippen LogP contribution in [-0.4, -0.2) is 37.6 Å². The summed E-state index contributed by atoms with van der Waals surface area (Å²) in [5.41, 5.74) is 0.0886. The SMILES string of the molecule is CC1(C)C[C@H](NC(=O)CN(c2cccc([N+](=O)[O-])c2)S(C)(=O)=O)c2ccccc2O1. The van der Waals surface area contributed by atoms with Crippen LogP contribution >= 0.6 is 0 Å². The molecule has 3 rings (SSSR count). The van der Waals surface area contributed by atoms with E-state index >= 15 is 0 Å². The van der Waals surface area contributed by atoms with Crippen molar-refractivity contribution in [3.05, 3.63) is 64.2 Å². The summed E-state index contributed by atoms with van der Waals surface area (Å²) in [6.45, 7) is 3.32. The van der Waals surface area contributed by atoms with E-state index in [-0.39, 0.29) is 17.4 Å². The number of rotatable bonds is 6. The molecule has 1 aliphatic rings. The van der Waals surface area contributed by atoms with E-state index in [0.29, 0.717) is 12.2 Å². The second-order valence-electron chi connectivity index (χ2n) is 7.77. The number of carbonyl (C=O) groups excluding carboxylic acids is 1. The van der Waals surface area contributed by atoms with Crippen molar-refractivity contribution < 1.29 is 22.9 Å². The molecule has 1 aliphatic heterocycles. The molecule has 0 aromatic heterocycles. The maximum absolute atomic E-state index is 12.8. The molecule has 160 valence electrons. The minimum absolute atomic E-state index is 0.0505. The second-order valence-corrected chi connectivity index (χ2v) is 9.68. The lowest BCUT2D eigenvalue weighted by atomic mass is 9.89. The van der Waals surface area contributed by atoms with Gasteiger partial charge in [-0.1, -0.05) is 24.3 Å². The van der Waals surface area contributed by atoms with E-state index in [9.17, 15) is 23.3 Å². The van der Waals surface area contributed by atoms with E-state index in [1.54, 1.807) is 0 Å². The lowest BCUT2D eigenvalue weighted by Crippen LogP contribution is -2.45. The number of amides is 1. The Morgan fingerprint density at radius 1 is 1.27 bits per heavy atom. The van der Waals surface area contributed by atoms with Crippen LogP contribution in [0.4, 0.5) is 11.4 Å². The van der Waals surface area contributed by atoms with Crippen LogP contribution in [0.5, 0.6) is 5.75 Å². The molecule has 9 nitrogen and oxygen atoms in total. The number of para-hydroxylation sites is 1. The molecule has 0 saturated carbocycles. The standard InChI is InChI=1S/C20H23N3O6S/c1-20(2)12-17(16-9-4-5-10-18(16)29-20)21-19(24)13-22(30(3,27)28)14-7-6-8-15(11-14)23(25)26/h4-11,17H,12-13H2,1-3H3,(H,21,24)/t17-/m0/s1. The first kappa shape index (κ1) is 21.6. The zero-order chi connectivity index (χ0) is 22.1. The fourth-order valence-corrected chi connectivity index (χ4v) is 4.31. The third kappa shape index (κ3) is 4.88. The molecule has 0 radical (unpaired) electrons. The monoisotopic (exact) mass is 433 g/mol. The summed E-state index contributed by atoms with van der Waals surface area (Å²) in [5, 5.41) is 13.9. The summed E-state index contributed by atoms with van der Waals surface area (Å²) >= 11 is 0. The largest absolute Gasteiger partial charge is 0.487 e. The minimum atomic E-state index is -3.85. The maximum Gasteiger partial charge on any atom is 0.271 e. The van der Waals surface area contributed by atoms with Gasteiger partial charge in [0.15, 0.2) is 0 Å². The van der Waals surface area contributed by atoms with Gasteiger partial charge in [-0.25, -0.2) is 8.42 Å². The highest BCUT2D eigenvalue weighted by Gasteiger charge is 2.35. The zero-order valence-electron chi connectivity index (χ0n) is 16.9. The van der Waals surface area contributed by atoms with E-state index in [0.717, 1.165) is 22.2 Å². The molecule has 0 fully saturated rings. The molecule has 0 saturated heterocycles. The predicted octanol–water partition coefficient (Wildman–Crippen LogP) is 2.78. The van der Waals surface area contributed by atoms with E-state index in [2.05, 4.69) is 5.32 Å². The van der Waals surface area contributed by atoms with Crippen LogP contribution in [0.3, 0.4) is 0 Å². The van der Waals surface area contributed by atoms with E-state index in [1.807, 2.05) is 38.1 Å². The van der Waals surface area contributed by atoms with Crippen LogP contribution in [-0.2, 0) is 14.8 Å². The number of nitrogens with one attached hydrogen (secondary N) is 1. The van der Waals surface area contributed by atoms with Crippen molar-refractivity contribution >= 4 is 27.3 Å². The van der Waals surface area contributed by atoms with Crippen LogP contribution in [0.1, 0.15) is 31.9 Å². The molecule has 0 aliphatic carbocycles. The highest BCUT2D eigenvalue weighted by atomic mass is 32.2. The third-order valence-corrected chi connectivity index (χ3v) is 5.87. The number of benzene rings is 2. The van der Waals surface area contributed by atoms with Crippen LogP contribution in [0.2, 0.25) is 0 Å². The zero-order valence-corrected chi connectivity index (χ0v) is 17.7. The second kappa shape index (κ2) is 7.94. The molecule has 1 atom stereocenters. The molecule has 2 aromatic carbocycles. The number of fused-ring (bicyclic) bond motifs is 1. The van der Waals surface area contributed by atoms with E-state index in [1.165, 1.54) is 18.2 Å². The Balaban J connectivity index is 1.84. The number of sulfonamides is 1. The summed E-state index contributed by atoms with van der Waals surface area (Å²) in [6.07, 6.45) is 1.46. The van der Waals surface area contributed by atoms with Crippen molar-refractivity contribution in [2.24, 2.45) is 0 Å². The summed E-state index contributed by atoms with van der Waals surface area (Å²) in [5.74, 6) is 0.141. The Morgan fingerprint density at radius 2 is 1.97 bits per heavy atom. The minimum Gasteiger partial charge on any atom is -0.487 e. The molecule has 0 bridgehead atoms. The van der Waals surface area contributed by atoms with Gasteiger partial charge in [0.2, 0.25) is 15.9 Å². The first-order chi connectivity index (χ1) is 14.0. The van der Waals surface area contributed by atoms with Gasteiger partial charge in [-0.3, -0.25) is 19.2 Å². The molecular weight excluding hydrogens is 410 g/mol. The van der Waals surface area contributed by atoms with Crippen LogP contribution in [0, 0.1) is 10.1 Å². The number of ether oxygens (including phenoxy) is 1. The van der Waals surface area contributed by atoms with Crippen LogP contribution in [0.15, 0.2) is 48.5 Å². The van der Waals surface area contributed by atoms with Crippen LogP contribution < -0.4 is 14.4 Å². The van der Waals surface area contributed by atoms with Gasteiger partial charge < -0.3 is 10.1 Å². The highest BCUT2D eigenvalue weighted by molar-refractivity contribution is 7.92. The van der Waals surface area contributed by atoms with Crippen molar-refractivity contribution in [2.45, 2.75) is 31.9 Å². The fourth-order valence-electron chi connectivity index (χ4n) is 3.46. The van der Waals surface area contributed by atoms with Crippen molar-refractivity contribution in [3.63, 3.8) is 0 Å². The molecule has 30 heavy (non-hydrogen) atoms. The van der Waals surface area contributed by atoms with E-state index < -0.39 is 33.0 Å². The van der Waals surface area contributed by atoms with E-state index in [4.69, 9.17) is 4.74 Å². The Morgan fingerprint density at radius 3 is 2.63 bits per heavy atom. The van der Waals surface area contributed by atoms with Crippen molar-refractivity contribution in [2.75, 3.05) is 17.1 Å². The molecule has 10 heteroatoms. The van der Waals surface area contributed by atoms with Crippen molar-refractivity contribution in [3.8, 4) is 5.75 Å². The summed E-state index contributed by atoms with van der Waals surface area (Å²) < 4.78 is 31.4. The van der Waals surface area contributed by atoms with Gasteiger partial charge in [-0.15, -0.1) is 0 Å². The fraction of sp³-hybridized carbons (Fsp3) is 0.350. The summed E-state index contributed by atoms with van der Waals surface area (Å²) in [7, 11) is -3.85.